The van der Waals surface area contributed by atoms with E-state index in [-0.39, 0.29) is 11.6 Å². The number of aromatic nitrogens is 1. The largest absolute Gasteiger partial charge is 0.316 e. The van der Waals surface area contributed by atoms with Crippen molar-refractivity contribution in [1.29, 1.82) is 0 Å². The first-order chi connectivity index (χ1) is 9.51. The first-order valence-electron chi connectivity index (χ1n) is 6.54. The van der Waals surface area contributed by atoms with E-state index in [9.17, 15) is 8.78 Å². The molecule has 108 valence electrons. The molecule has 0 aliphatic rings. The molecule has 5 heteroatoms. The van der Waals surface area contributed by atoms with Crippen molar-refractivity contribution in [2.75, 3.05) is 7.05 Å². The van der Waals surface area contributed by atoms with Crippen molar-refractivity contribution < 1.29 is 8.78 Å². The maximum Gasteiger partial charge on any atom is 0.129 e. The van der Waals surface area contributed by atoms with Gasteiger partial charge in [0.05, 0.1) is 10.7 Å². The lowest BCUT2D eigenvalue weighted by atomic mass is 10.0. The van der Waals surface area contributed by atoms with Gasteiger partial charge in [0, 0.05) is 22.9 Å². The molecule has 0 aliphatic heterocycles. The fourth-order valence-corrected chi connectivity index (χ4v) is 3.10. The molecule has 1 heterocycles. The highest BCUT2D eigenvalue weighted by molar-refractivity contribution is 7.11. The van der Waals surface area contributed by atoms with Crippen LogP contribution in [0.4, 0.5) is 8.78 Å². The molecule has 0 fully saturated rings. The van der Waals surface area contributed by atoms with Crippen LogP contribution in [0.1, 0.15) is 21.1 Å². The monoisotopic (exact) mass is 296 g/mol. The van der Waals surface area contributed by atoms with Crippen LogP contribution in [0, 0.1) is 25.5 Å². The highest BCUT2D eigenvalue weighted by Gasteiger charge is 2.16. The summed E-state index contributed by atoms with van der Waals surface area (Å²) < 4.78 is 27.3. The Hall–Kier alpha value is -1.33. The van der Waals surface area contributed by atoms with Crippen molar-refractivity contribution in [3.8, 4) is 0 Å². The van der Waals surface area contributed by atoms with E-state index in [1.807, 2.05) is 13.8 Å². The average Bonchev–Trinajstić information content (AvgIpc) is 2.71. The van der Waals surface area contributed by atoms with E-state index in [0.717, 1.165) is 10.7 Å². The number of nitrogens with one attached hydrogen (secondary N) is 1. The molecular formula is C15H18F2N2S. The normalized spacial score (nSPS) is 12.7. The second-order valence-corrected chi connectivity index (χ2v) is 6.13. The SMILES string of the molecule is CNC(Cc1nc(C)c(C)s1)Cc1c(F)cccc1F. The van der Waals surface area contributed by atoms with E-state index in [0.29, 0.717) is 12.8 Å². The molecule has 1 unspecified atom stereocenters. The third-order valence-electron chi connectivity index (χ3n) is 3.41. The molecule has 20 heavy (non-hydrogen) atoms. The summed E-state index contributed by atoms with van der Waals surface area (Å²) in [5, 5.41) is 4.11. The Labute approximate surface area is 121 Å². The van der Waals surface area contributed by atoms with Gasteiger partial charge in [-0.3, -0.25) is 0 Å². The molecule has 0 amide bonds. The van der Waals surface area contributed by atoms with E-state index < -0.39 is 11.6 Å². The zero-order valence-electron chi connectivity index (χ0n) is 11.8. The Balaban J connectivity index is 2.13. The molecule has 1 aromatic heterocycles. The Morgan fingerprint density at radius 1 is 1.20 bits per heavy atom. The van der Waals surface area contributed by atoms with Crippen LogP contribution < -0.4 is 5.32 Å². The van der Waals surface area contributed by atoms with Crippen LogP contribution in [0.25, 0.3) is 0 Å². The zero-order valence-corrected chi connectivity index (χ0v) is 12.7. The van der Waals surface area contributed by atoms with Crippen molar-refractivity contribution in [2.45, 2.75) is 32.7 Å². The number of hydrogen-bond acceptors (Lipinski definition) is 3. The van der Waals surface area contributed by atoms with Crippen LogP contribution in [-0.4, -0.2) is 18.1 Å². The van der Waals surface area contributed by atoms with Gasteiger partial charge in [-0.2, -0.15) is 0 Å². The van der Waals surface area contributed by atoms with Gasteiger partial charge in [0.15, 0.2) is 0 Å². The van der Waals surface area contributed by atoms with E-state index >= 15 is 0 Å². The summed E-state index contributed by atoms with van der Waals surface area (Å²) in [5.41, 5.74) is 1.16. The number of nitrogens with zero attached hydrogens (tertiary/aromatic N) is 1. The van der Waals surface area contributed by atoms with Crippen LogP contribution in [0.5, 0.6) is 0 Å². The number of aryl methyl sites for hydroxylation is 2. The summed E-state index contributed by atoms with van der Waals surface area (Å²) in [5.74, 6) is -0.978. The lowest BCUT2D eigenvalue weighted by Gasteiger charge is -2.15. The molecule has 0 aliphatic carbocycles. The highest BCUT2D eigenvalue weighted by atomic mass is 32.1. The van der Waals surface area contributed by atoms with E-state index in [2.05, 4.69) is 10.3 Å². The maximum absolute atomic E-state index is 13.7. The van der Waals surface area contributed by atoms with Crippen molar-refractivity contribution in [1.82, 2.24) is 10.3 Å². The van der Waals surface area contributed by atoms with Crippen LogP contribution in [-0.2, 0) is 12.8 Å². The van der Waals surface area contributed by atoms with Crippen LogP contribution in [0.3, 0.4) is 0 Å². The van der Waals surface area contributed by atoms with Gasteiger partial charge in [-0.05, 0) is 39.4 Å². The van der Waals surface area contributed by atoms with Crippen molar-refractivity contribution in [3.05, 3.63) is 51.0 Å². The van der Waals surface area contributed by atoms with E-state index in [1.165, 1.54) is 23.1 Å². The van der Waals surface area contributed by atoms with Crippen molar-refractivity contribution >= 4 is 11.3 Å². The van der Waals surface area contributed by atoms with Crippen LogP contribution in [0.15, 0.2) is 18.2 Å². The van der Waals surface area contributed by atoms with Gasteiger partial charge in [0.1, 0.15) is 11.6 Å². The summed E-state index contributed by atoms with van der Waals surface area (Å²) in [7, 11) is 1.80. The fourth-order valence-electron chi connectivity index (χ4n) is 2.09. The smallest absolute Gasteiger partial charge is 0.129 e. The standard InChI is InChI=1S/C15H18F2N2S/c1-9-10(2)20-15(19-9)8-11(18-3)7-12-13(16)5-4-6-14(12)17/h4-6,11,18H,7-8H2,1-3H3. The van der Waals surface area contributed by atoms with Crippen molar-refractivity contribution in [2.24, 2.45) is 0 Å². The molecule has 1 atom stereocenters. The zero-order chi connectivity index (χ0) is 14.7. The lowest BCUT2D eigenvalue weighted by molar-refractivity contribution is 0.501. The minimum Gasteiger partial charge on any atom is -0.316 e. The first-order valence-corrected chi connectivity index (χ1v) is 7.36. The van der Waals surface area contributed by atoms with Gasteiger partial charge < -0.3 is 5.32 Å². The first kappa shape index (κ1) is 15.1. The molecule has 2 nitrogen and oxygen atoms in total. The third kappa shape index (κ3) is 3.41. The summed E-state index contributed by atoms with van der Waals surface area (Å²) in [6.45, 7) is 4.00. The average molecular weight is 296 g/mol. The number of halogens is 2. The number of benzene rings is 1. The van der Waals surface area contributed by atoms with Gasteiger partial charge in [0.25, 0.3) is 0 Å². The quantitative estimate of drug-likeness (QED) is 0.914. The second kappa shape index (κ2) is 6.41. The summed E-state index contributed by atoms with van der Waals surface area (Å²) in [6.07, 6.45) is 0.982. The molecule has 1 N–H and O–H groups in total. The molecule has 0 saturated heterocycles. The number of likely N-dealkylation sites (N-methyl/N-ethyl adjacent to an activating group) is 1. The minimum absolute atomic E-state index is 0.0358. The topological polar surface area (TPSA) is 24.9 Å². The van der Waals surface area contributed by atoms with Gasteiger partial charge in [-0.15, -0.1) is 11.3 Å². The molecular weight excluding hydrogens is 278 g/mol. The highest BCUT2D eigenvalue weighted by Crippen LogP contribution is 2.20. The Bertz CT molecular complexity index is 556. The van der Waals surface area contributed by atoms with Crippen LogP contribution in [0.2, 0.25) is 0 Å². The predicted octanol–water partition coefficient (Wildman–Crippen LogP) is 3.41. The number of rotatable bonds is 5. The molecule has 1 aromatic carbocycles. The Morgan fingerprint density at radius 2 is 1.85 bits per heavy atom. The summed E-state index contributed by atoms with van der Waals surface area (Å²) in [6, 6.07) is 3.94. The Morgan fingerprint density at radius 3 is 2.35 bits per heavy atom. The molecule has 2 rings (SSSR count). The van der Waals surface area contributed by atoms with Gasteiger partial charge >= 0.3 is 0 Å². The third-order valence-corrected chi connectivity index (χ3v) is 4.51. The van der Waals surface area contributed by atoms with Gasteiger partial charge in [0.2, 0.25) is 0 Å². The van der Waals surface area contributed by atoms with Gasteiger partial charge in [-0.25, -0.2) is 13.8 Å². The lowest BCUT2D eigenvalue weighted by Crippen LogP contribution is -2.30. The second-order valence-electron chi connectivity index (χ2n) is 4.84. The minimum atomic E-state index is -0.489. The maximum atomic E-state index is 13.7. The number of hydrogen-bond donors (Lipinski definition) is 1. The molecule has 2 aromatic rings. The molecule has 0 bridgehead atoms. The van der Waals surface area contributed by atoms with Gasteiger partial charge in [-0.1, -0.05) is 6.07 Å². The van der Waals surface area contributed by atoms with E-state index in [4.69, 9.17) is 0 Å². The molecule has 0 saturated carbocycles. The fraction of sp³-hybridized carbons (Fsp3) is 0.400. The molecule has 0 spiro atoms. The Kier molecular flexibility index (Phi) is 4.83. The van der Waals surface area contributed by atoms with Crippen LogP contribution >= 0.6 is 11.3 Å². The molecule has 0 radical (unpaired) electrons. The summed E-state index contributed by atoms with van der Waals surface area (Å²) in [4.78, 5) is 5.66. The van der Waals surface area contributed by atoms with Crippen molar-refractivity contribution in [3.63, 3.8) is 0 Å². The summed E-state index contributed by atoms with van der Waals surface area (Å²) >= 11 is 1.64. The predicted molar refractivity (Wildman–Crippen MR) is 78.2 cm³/mol. The number of thiazole rings is 1. The van der Waals surface area contributed by atoms with E-state index in [1.54, 1.807) is 18.4 Å².